The average Bonchev–Trinajstić information content (AvgIpc) is 2.12. The minimum absolute atomic E-state index is 0.0776. The van der Waals surface area contributed by atoms with Gasteiger partial charge >= 0.3 is 0 Å². The van der Waals surface area contributed by atoms with E-state index < -0.39 is 0 Å². The van der Waals surface area contributed by atoms with Gasteiger partial charge in [0, 0.05) is 20.2 Å². The molecule has 0 radical (unpaired) electrons. The maximum absolute atomic E-state index is 11.4. The molecule has 0 N–H and O–H groups in total. The molecule has 0 rings (SSSR count). The Kier molecular flexibility index (Phi) is 7.42. The van der Waals surface area contributed by atoms with Crippen molar-refractivity contribution in [3.8, 4) is 0 Å². The van der Waals surface area contributed by atoms with Crippen LogP contribution in [0.4, 0.5) is 0 Å². The fourth-order valence-electron chi connectivity index (χ4n) is 1.25. The fraction of sp³-hybridized carbons (Fsp3) is 0.900. The first-order chi connectivity index (χ1) is 6.61. The van der Waals surface area contributed by atoms with Crippen LogP contribution in [0.15, 0.2) is 0 Å². The van der Waals surface area contributed by atoms with E-state index in [2.05, 4.69) is 4.90 Å². The van der Waals surface area contributed by atoms with Crippen molar-refractivity contribution in [2.75, 3.05) is 47.4 Å². The Morgan fingerprint density at radius 3 is 2.36 bits per heavy atom. The summed E-state index contributed by atoms with van der Waals surface area (Å²) < 4.78 is 4.81. The summed E-state index contributed by atoms with van der Waals surface area (Å²) in [6.07, 6.45) is 1.01. The topological polar surface area (TPSA) is 32.8 Å². The molecule has 0 aromatic carbocycles. The monoisotopic (exact) mass is 202 g/mol. The van der Waals surface area contributed by atoms with Gasteiger partial charge in [-0.2, -0.15) is 0 Å². The summed E-state index contributed by atoms with van der Waals surface area (Å²) in [4.78, 5) is 15.4. The zero-order valence-electron chi connectivity index (χ0n) is 9.75. The summed E-state index contributed by atoms with van der Waals surface area (Å²) in [7, 11) is 5.62. The number of methoxy groups -OCH3 is 1. The second-order valence-electron chi connectivity index (χ2n) is 3.56. The summed E-state index contributed by atoms with van der Waals surface area (Å²) in [6.45, 7) is 4.77. The van der Waals surface area contributed by atoms with Gasteiger partial charge in [-0.25, -0.2) is 0 Å². The Morgan fingerprint density at radius 1 is 1.29 bits per heavy atom. The van der Waals surface area contributed by atoms with E-state index in [0.29, 0.717) is 0 Å². The van der Waals surface area contributed by atoms with Gasteiger partial charge in [0.25, 0.3) is 0 Å². The quantitative estimate of drug-likeness (QED) is 0.600. The highest BCUT2D eigenvalue weighted by molar-refractivity contribution is 5.77. The van der Waals surface area contributed by atoms with Gasteiger partial charge in [-0.05, 0) is 34.0 Å². The molecule has 0 atom stereocenters. The predicted octanol–water partition coefficient (Wildman–Crippen LogP) is 0.433. The SMILES string of the molecule is CCN(CCCN(C)C)C(=O)COC. The Balaban J connectivity index is 3.73. The van der Waals surface area contributed by atoms with E-state index in [1.165, 1.54) is 0 Å². The van der Waals surface area contributed by atoms with Gasteiger partial charge in [0.05, 0.1) is 0 Å². The van der Waals surface area contributed by atoms with Crippen molar-refractivity contribution < 1.29 is 9.53 Å². The molecule has 14 heavy (non-hydrogen) atoms. The van der Waals surface area contributed by atoms with Gasteiger partial charge in [-0.15, -0.1) is 0 Å². The lowest BCUT2D eigenvalue weighted by Gasteiger charge is -2.21. The maximum Gasteiger partial charge on any atom is 0.248 e. The zero-order valence-corrected chi connectivity index (χ0v) is 9.75. The molecule has 0 aliphatic rings. The van der Waals surface area contributed by atoms with Crippen molar-refractivity contribution in [2.45, 2.75) is 13.3 Å². The molecular formula is C10H22N2O2. The van der Waals surface area contributed by atoms with Crippen molar-refractivity contribution >= 4 is 5.91 Å². The van der Waals surface area contributed by atoms with Gasteiger partial charge < -0.3 is 14.5 Å². The van der Waals surface area contributed by atoms with Crippen molar-refractivity contribution in [1.82, 2.24) is 9.80 Å². The lowest BCUT2D eigenvalue weighted by molar-refractivity contribution is -0.135. The van der Waals surface area contributed by atoms with Crippen LogP contribution < -0.4 is 0 Å². The van der Waals surface area contributed by atoms with Crippen molar-refractivity contribution in [2.24, 2.45) is 0 Å². The molecule has 0 unspecified atom stereocenters. The van der Waals surface area contributed by atoms with Crippen LogP contribution in [0.3, 0.4) is 0 Å². The van der Waals surface area contributed by atoms with Crippen LogP contribution in [-0.2, 0) is 9.53 Å². The molecule has 0 aliphatic carbocycles. The Hall–Kier alpha value is -0.610. The molecule has 0 bridgehead atoms. The Morgan fingerprint density at radius 2 is 1.93 bits per heavy atom. The van der Waals surface area contributed by atoms with Crippen molar-refractivity contribution in [1.29, 1.82) is 0 Å². The summed E-state index contributed by atoms with van der Waals surface area (Å²) in [5.41, 5.74) is 0. The number of rotatable bonds is 7. The first kappa shape index (κ1) is 13.4. The molecule has 0 aromatic rings. The normalized spacial score (nSPS) is 10.6. The third-order valence-electron chi connectivity index (χ3n) is 2.04. The van der Waals surface area contributed by atoms with Crippen molar-refractivity contribution in [3.63, 3.8) is 0 Å². The van der Waals surface area contributed by atoms with Crippen LogP contribution in [0.5, 0.6) is 0 Å². The molecule has 84 valence electrons. The lowest BCUT2D eigenvalue weighted by Crippen LogP contribution is -2.35. The third-order valence-corrected chi connectivity index (χ3v) is 2.04. The molecule has 4 heteroatoms. The van der Waals surface area contributed by atoms with Crippen LogP contribution >= 0.6 is 0 Å². The number of carbonyl (C=O) groups excluding carboxylic acids is 1. The minimum Gasteiger partial charge on any atom is -0.375 e. The molecular weight excluding hydrogens is 180 g/mol. The number of ether oxygens (including phenoxy) is 1. The number of nitrogens with zero attached hydrogens (tertiary/aromatic N) is 2. The van der Waals surface area contributed by atoms with Gasteiger partial charge in [0.15, 0.2) is 0 Å². The number of likely N-dealkylation sites (N-methyl/N-ethyl adjacent to an activating group) is 1. The molecule has 0 fully saturated rings. The first-order valence-electron chi connectivity index (χ1n) is 5.03. The fourth-order valence-corrected chi connectivity index (χ4v) is 1.25. The third kappa shape index (κ3) is 5.94. The molecule has 0 aliphatic heterocycles. The number of carbonyl (C=O) groups is 1. The molecule has 4 nitrogen and oxygen atoms in total. The van der Waals surface area contributed by atoms with E-state index >= 15 is 0 Å². The zero-order chi connectivity index (χ0) is 11.0. The maximum atomic E-state index is 11.4. The summed E-state index contributed by atoms with van der Waals surface area (Å²) >= 11 is 0. The number of hydrogen-bond donors (Lipinski definition) is 0. The van der Waals surface area contributed by atoms with Crippen molar-refractivity contribution in [3.05, 3.63) is 0 Å². The van der Waals surface area contributed by atoms with Gasteiger partial charge in [0.2, 0.25) is 5.91 Å². The smallest absolute Gasteiger partial charge is 0.248 e. The van der Waals surface area contributed by atoms with Crippen LogP contribution in [-0.4, -0.2) is 63.2 Å². The van der Waals surface area contributed by atoms with E-state index in [-0.39, 0.29) is 12.5 Å². The second kappa shape index (κ2) is 7.76. The van der Waals surface area contributed by atoms with E-state index in [0.717, 1.165) is 26.1 Å². The van der Waals surface area contributed by atoms with E-state index in [1.807, 2.05) is 25.9 Å². The lowest BCUT2D eigenvalue weighted by atomic mass is 10.3. The molecule has 0 saturated carbocycles. The summed E-state index contributed by atoms with van der Waals surface area (Å²) in [6, 6.07) is 0. The van der Waals surface area contributed by atoms with E-state index in [1.54, 1.807) is 7.11 Å². The Labute approximate surface area is 86.8 Å². The standard InChI is InChI=1S/C10H22N2O2/c1-5-12(10(13)9-14-4)8-6-7-11(2)3/h5-9H2,1-4H3. The summed E-state index contributed by atoms with van der Waals surface area (Å²) in [5.74, 6) is 0.0776. The van der Waals surface area contributed by atoms with E-state index in [9.17, 15) is 4.79 Å². The minimum atomic E-state index is 0.0776. The molecule has 0 saturated heterocycles. The molecule has 0 heterocycles. The molecule has 0 aromatic heterocycles. The first-order valence-corrected chi connectivity index (χ1v) is 5.03. The highest BCUT2D eigenvalue weighted by Gasteiger charge is 2.09. The number of amides is 1. The van der Waals surface area contributed by atoms with Gasteiger partial charge in [-0.1, -0.05) is 0 Å². The van der Waals surface area contributed by atoms with Crippen LogP contribution in [0.1, 0.15) is 13.3 Å². The second-order valence-corrected chi connectivity index (χ2v) is 3.56. The highest BCUT2D eigenvalue weighted by atomic mass is 16.5. The number of hydrogen-bond acceptors (Lipinski definition) is 3. The molecule has 0 spiro atoms. The van der Waals surface area contributed by atoms with Crippen LogP contribution in [0.2, 0.25) is 0 Å². The summed E-state index contributed by atoms with van der Waals surface area (Å²) in [5, 5.41) is 0. The molecule has 1 amide bonds. The largest absolute Gasteiger partial charge is 0.375 e. The predicted molar refractivity (Wildman–Crippen MR) is 57.3 cm³/mol. The average molecular weight is 202 g/mol. The van der Waals surface area contributed by atoms with Crippen LogP contribution in [0, 0.1) is 0 Å². The Bertz CT molecular complexity index is 160. The van der Waals surface area contributed by atoms with Gasteiger partial charge in [-0.3, -0.25) is 4.79 Å². The van der Waals surface area contributed by atoms with E-state index in [4.69, 9.17) is 4.74 Å². The van der Waals surface area contributed by atoms with Crippen LogP contribution in [0.25, 0.3) is 0 Å². The highest BCUT2D eigenvalue weighted by Crippen LogP contribution is 1.94. The van der Waals surface area contributed by atoms with Gasteiger partial charge in [0.1, 0.15) is 6.61 Å².